The van der Waals surface area contributed by atoms with Crippen molar-refractivity contribution in [1.29, 1.82) is 0 Å². The van der Waals surface area contributed by atoms with E-state index in [4.69, 9.17) is 9.47 Å². The predicted octanol–water partition coefficient (Wildman–Crippen LogP) is 5.16. The van der Waals surface area contributed by atoms with E-state index in [-0.39, 0.29) is 31.4 Å². The van der Waals surface area contributed by atoms with E-state index in [0.29, 0.717) is 30.7 Å². The molecular weight excluding hydrogens is 530 g/mol. The number of rotatable bonds is 17. The Morgan fingerprint density at radius 2 is 1.80 bits per heavy atom. The van der Waals surface area contributed by atoms with Crippen LogP contribution >= 0.6 is 11.8 Å². The van der Waals surface area contributed by atoms with Gasteiger partial charge in [0.15, 0.2) is 0 Å². The average molecular weight is 580 g/mol. The number of aryl methyl sites for hydroxylation is 1. The fourth-order valence-electron chi connectivity index (χ4n) is 4.15. The van der Waals surface area contributed by atoms with Gasteiger partial charge in [-0.05, 0) is 65.0 Å². The van der Waals surface area contributed by atoms with Gasteiger partial charge >= 0.3 is 12.1 Å². The van der Waals surface area contributed by atoms with Crippen molar-refractivity contribution in [2.75, 3.05) is 31.7 Å². The highest BCUT2D eigenvalue weighted by molar-refractivity contribution is 7.98. The van der Waals surface area contributed by atoms with E-state index >= 15 is 0 Å². The summed E-state index contributed by atoms with van der Waals surface area (Å²) in [7, 11) is 0. The maximum Gasteiger partial charge on any atom is 0.408 e. The Kier molecular flexibility index (Phi) is 16.4. The molecule has 0 aliphatic carbocycles. The number of ether oxygens (including phenoxy) is 2. The van der Waals surface area contributed by atoms with E-state index in [1.54, 1.807) is 44.4 Å². The number of hydrogen-bond acceptors (Lipinski definition) is 7. The van der Waals surface area contributed by atoms with Crippen LogP contribution in [0, 0.1) is 6.92 Å². The first-order valence-corrected chi connectivity index (χ1v) is 15.6. The Bertz CT molecular complexity index is 950. The number of thioether (sulfide) groups is 1. The molecule has 2 atom stereocenters. The van der Waals surface area contributed by atoms with Crippen LogP contribution in [0.3, 0.4) is 0 Å². The minimum atomic E-state index is -0.937. The van der Waals surface area contributed by atoms with Crippen molar-refractivity contribution < 1.29 is 28.7 Å². The van der Waals surface area contributed by atoms with Gasteiger partial charge in [-0.25, -0.2) is 4.79 Å². The van der Waals surface area contributed by atoms with Crippen molar-refractivity contribution in [2.45, 2.75) is 97.8 Å². The molecule has 0 saturated heterocycles. The molecule has 9 nitrogen and oxygen atoms in total. The number of carbonyl (C=O) groups is 4. The molecule has 0 aromatic heterocycles. The van der Waals surface area contributed by atoms with Crippen LogP contribution in [0.5, 0.6) is 0 Å². The second kappa shape index (κ2) is 18.6. The lowest BCUT2D eigenvalue weighted by Crippen LogP contribution is -2.53. The molecular formula is C30H49N3O6S. The summed E-state index contributed by atoms with van der Waals surface area (Å²) < 4.78 is 10.4. The van der Waals surface area contributed by atoms with Crippen LogP contribution < -0.4 is 10.6 Å². The summed E-state index contributed by atoms with van der Waals surface area (Å²) in [6.07, 6.45) is 5.32. The van der Waals surface area contributed by atoms with Gasteiger partial charge in [0.25, 0.3) is 0 Å². The van der Waals surface area contributed by atoms with Gasteiger partial charge in [-0.15, -0.1) is 0 Å². The summed E-state index contributed by atoms with van der Waals surface area (Å²) in [5, 5.41) is 5.59. The molecule has 0 heterocycles. The van der Waals surface area contributed by atoms with Crippen LogP contribution in [-0.4, -0.2) is 72.1 Å². The standard InChI is InChI=1S/C30H49N3O6S/c1-8-10-11-12-19-33(28(36)24(17-20-40-7)32-29(37)39-30(4,5)6)26(23-15-13-14-22(3)21-23)27(35)31-18-16-25(34)38-9-2/h13-15,21,24,26H,8-12,16-20H2,1-7H3,(H,31,35)(H,32,37). The molecule has 2 N–H and O–H groups in total. The Balaban J connectivity index is 3.41. The van der Waals surface area contributed by atoms with Crippen molar-refractivity contribution in [2.24, 2.45) is 0 Å². The molecule has 3 amide bonds. The summed E-state index contributed by atoms with van der Waals surface area (Å²) in [5.74, 6) is -0.499. The summed E-state index contributed by atoms with van der Waals surface area (Å²) in [4.78, 5) is 54.0. The zero-order valence-corrected chi connectivity index (χ0v) is 26.2. The SMILES string of the molecule is CCCCCCN(C(=O)C(CCSC)NC(=O)OC(C)(C)C)C(C(=O)NCCC(=O)OCC)c1cccc(C)c1. The Morgan fingerprint density at radius 1 is 1.07 bits per heavy atom. The number of nitrogens with one attached hydrogen (secondary N) is 2. The number of esters is 1. The molecule has 10 heteroatoms. The monoisotopic (exact) mass is 579 g/mol. The van der Waals surface area contributed by atoms with E-state index in [1.807, 2.05) is 37.4 Å². The third-order valence-electron chi connectivity index (χ3n) is 5.99. The maximum absolute atomic E-state index is 14.2. The second-order valence-corrected chi connectivity index (χ2v) is 11.7. The lowest BCUT2D eigenvalue weighted by atomic mass is 9.99. The fraction of sp³-hybridized carbons (Fsp3) is 0.667. The Morgan fingerprint density at radius 3 is 2.40 bits per heavy atom. The Labute approximate surface area is 244 Å². The second-order valence-electron chi connectivity index (χ2n) is 10.7. The molecule has 0 bridgehead atoms. The number of carbonyl (C=O) groups excluding carboxylic acids is 4. The van der Waals surface area contributed by atoms with Crippen molar-refractivity contribution in [3.63, 3.8) is 0 Å². The summed E-state index contributed by atoms with van der Waals surface area (Å²) in [6.45, 7) is 11.8. The number of alkyl carbamates (subject to hydrolysis) is 1. The highest BCUT2D eigenvalue weighted by Crippen LogP contribution is 2.25. The summed E-state index contributed by atoms with van der Waals surface area (Å²) in [6, 6.07) is 5.69. The quantitative estimate of drug-likeness (QED) is 0.194. The van der Waals surface area contributed by atoms with Crippen LogP contribution in [0.1, 0.15) is 90.3 Å². The average Bonchev–Trinajstić information content (AvgIpc) is 2.87. The lowest BCUT2D eigenvalue weighted by Gasteiger charge is -2.34. The van der Waals surface area contributed by atoms with E-state index in [0.717, 1.165) is 24.8 Å². The highest BCUT2D eigenvalue weighted by Gasteiger charge is 2.36. The number of hydrogen-bond donors (Lipinski definition) is 2. The number of amides is 3. The first-order chi connectivity index (χ1) is 18.9. The van der Waals surface area contributed by atoms with Crippen molar-refractivity contribution in [3.05, 3.63) is 35.4 Å². The molecule has 0 saturated carbocycles. The van der Waals surface area contributed by atoms with Gasteiger partial charge in [-0.1, -0.05) is 56.0 Å². The zero-order chi connectivity index (χ0) is 30.1. The third-order valence-corrected chi connectivity index (χ3v) is 6.63. The molecule has 0 aliphatic rings. The van der Waals surface area contributed by atoms with Crippen LogP contribution in [-0.2, 0) is 23.9 Å². The molecule has 0 radical (unpaired) electrons. The molecule has 0 fully saturated rings. The van der Waals surface area contributed by atoms with Gasteiger partial charge in [-0.3, -0.25) is 14.4 Å². The Hall–Kier alpha value is -2.75. The molecule has 40 heavy (non-hydrogen) atoms. The minimum Gasteiger partial charge on any atom is -0.466 e. The van der Waals surface area contributed by atoms with Gasteiger partial charge in [0.1, 0.15) is 17.7 Å². The molecule has 0 spiro atoms. The molecule has 1 rings (SSSR count). The van der Waals surface area contributed by atoms with E-state index in [1.165, 1.54) is 0 Å². The summed E-state index contributed by atoms with van der Waals surface area (Å²) in [5.41, 5.74) is 0.893. The first kappa shape index (κ1) is 35.3. The van der Waals surface area contributed by atoms with Gasteiger partial charge in [0.05, 0.1) is 13.0 Å². The number of nitrogens with zero attached hydrogens (tertiary/aromatic N) is 1. The smallest absolute Gasteiger partial charge is 0.408 e. The minimum absolute atomic E-state index is 0.0289. The number of benzene rings is 1. The topological polar surface area (TPSA) is 114 Å². The van der Waals surface area contributed by atoms with E-state index < -0.39 is 29.7 Å². The summed E-state index contributed by atoms with van der Waals surface area (Å²) >= 11 is 1.57. The molecule has 226 valence electrons. The third kappa shape index (κ3) is 13.5. The maximum atomic E-state index is 14.2. The normalized spacial score (nSPS) is 12.7. The zero-order valence-electron chi connectivity index (χ0n) is 25.3. The van der Waals surface area contributed by atoms with Crippen LogP contribution in [0.25, 0.3) is 0 Å². The van der Waals surface area contributed by atoms with Crippen molar-refractivity contribution >= 4 is 35.6 Å². The van der Waals surface area contributed by atoms with Gasteiger partial charge in [0, 0.05) is 13.1 Å². The largest absolute Gasteiger partial charge is 0.466 e. The highest BCUT2D eigenvalue weighted by atomic mass is 32.2. The van der Waals surface area contributed by atoms with E-state index in [2.05, 4.69) is 17.6 Å². The molecule has 2 unspecified atom stereocenters. The van der Waals surface area contributed by atoms with Crippen LogP contribution in [0.15, 0.2) is 24.3 Å². The lowest BCUT2D eigenvalue weighted by molar-refractivity contribution is -0.144. The van der Waals surface area contributed by atoms with E-state index in [9.17, 15) is 19.2 Å². The molecule has 1 aromatic carbocycles. The first-order valence-electron chi connectivity index (χ1n) is 14.2. The van der Waals surface area contributed by atoms with Crippen molar-refractivity contribution in [1.82, 2.24) is 15.5 Å². The number of unbranched alkanes of at least 4 members (excludes halogenated alkanes) is 3. The van der Waals surface area contributed by atoms with Gasteiger partial charge in [0.2, 0.25) is 11.8 Å². The van der Waals surface area contributed by atoms with Crippen LogP contribution in [0.2, 0.25) is 0 Å². The molecule has 0 aliphatic heterocycles. The van der Waals surface area contributed by atoms with Gasteiger partial charge < -0.3 is 25.0 Å². The molecule has 1 aromatic rings. The van der Waals surface area contributed by atoms with Crippen LogP contribution in [0.4, 0.5) is 4.79 Å². The predicted molar refractivity (Wildman–Crippen MR) is 160 cm³/mol. The fourth-order valence-corrected chi connectivity index (χ4v) is 4.62. The van der Waals surface area contributed by atoms with Crippen molar-refractivity contribution in [3.8, 4) is 0 Å². The van der Waals surface area contributed by atoms with Gasteiger partial charge in [-0.2, -0.15) is 11.8 Å².